The maximum absolute atomic E-state index is 11.2. The Morgan fingerprint density at radius 1 is 1.59 bits per heavy atom. The van der Waals surface area contributed by atoms with E-state index in [9.17, 15) is 4.79 Å². The summed E-state index contributed by atoms with van der Waals surface area (Å²) in [5.74, 6) is 0.313. The van der Waals surface area contributed by atoms with Gasteiger partial charge in [0.05, 0.1) is 0 Å². The Kier molecular flexibility index (Phi) is 3.47. The smallest absolute Gasteiger partial charge is 0.243 e. The fourth-order valence-electron chi connectivity index (χ4n) is 2.31. The summed E-state index contributed by atoms with van der Waals surface area (Å²) in [6.45, 7) is 5.18. The molecule has 1 aliphatic heterocycles. The third-order valence-electron chi connectivity index (χ3n) is 3.31. The fourth-order valence-corrected chi connectivity index (χ4v) is 2.31. The second kappa shape index (κ2) is 5.04. The lowest BCUT2D eigenvalue weighted by Crippen LogP contribution is -2.33. The van der Waals surface area contributed by atoms with E-state index in [0.29, 0.717) is 12.5 Å². The highest BCUT2D eigenvalue weighted by Crippen LogP contribution is 2.33. The molecule has 0 bridgehead atoms. The third-order valence-corrected chi connectivity index (χ3v) is 3.31. The van der Waals surface area contributed by atoms with E-state index in [1.807, 2.05) is 0 Å². The number of hydrogen-bond donors (Lipinski definition) is 1. The van der Waals surface area contributed by atoms with E-state index in [1.165, 1.54) is 17.3 Å². The number of anilines is 1. The number of carbonyl (C=O) groups excluding carboxylic acids is 1. The minimum atomic E-state index is -0.0959. The van der Waals surface area contributed by atoms with Crippen LogP contribution < -0.4 is 10.2 Å². The Morgan fingerprint density at radius 2 is 2.35 bits per heavy atom. The number of nitrogens with one attached hydrogen (secondary N) is 1. The molecule has 17 heavy (non-hydrogen) atoms. The molecule has 1 unspecified atom stereocenters. The van der Waals surface area contributed by atoms with Crippen LogP contribution >= 0.6 is 0 Å². The van der Waals surface area contributed by atoms with E-state index in [4.69, 9.17) is 0 Å². The van der Waals surface area contributed by atoms with Crippen molar-refractivity contribution in [2.24, 2.45) is 0 Å². The Hall–Kier alpha value is -1.77. The summed E-state index contributed by atoms with van der Waals surface area (Å²) in [7, 11) is 2.11. The number of fused-ring (bicyclic) bond motifs is 1. The van der Waals surface area contributed by atoms with E-state index in [0.717, 1.165) is 13.0 Å². The van der Waals surface area contributed by atoms with Crippen LogP contribution in [0.3, 0.4) is 0 Å². The standard InChI is InChI=1S/C14H18N2O/c1-3-14(17)15-10-11-8-9-16(2)13-7-5-4-6-12(11)13/h3-7,11H,1,8-10H2,2H3,(H,15,17). The SMILES string of the molecule is C=CC(=O)NCC1CCN(C)c2ccccc21. The summed E-state index contributed by atoms with van der Waals surface area (Å²) in [4.78, 5) is 13.5. The van der Waals surface area contributed by atoms with Crippen LogP contribution in [-0.2, 0) is 4.79 Å². The van der Waals surface area contributed by atoms with Crippen LogP contribution in [0.4, 0.5) is 5.69 Å². The Morgan fingerprint density at radius 3 is 3.12 bits per heavy atom. The van der Waals surface area contributed by atoms with Crippen molar-refractivity contribution in [2.75, 3.05) is 25.0 Å². The molecule has 0 saturated heterocycles. The number of benzene rings is 1. The zero-order valence-electron chi connectivity index (χ0n) is 10.1. The van der Waals surface area contributed by atoms with Crippen molar-refractivity contribution in [1.82, 2.24) is 5.32 Å². The zero-order valence-corrected chi connectivity index (χ0v) is 10.1. The number of carbonyl (C=O) groups is 1. The Labute approximate surface area is 102 Å². The first kappa shape index (κ1) is 11.7. The second-order valence-corrected chi connectivity index (χ2v) is 4.42. The van der Waals surface area contributed by atoms with Crippen molar-refractivity contribution in [2.45, 2.75) is 12.3 Å². The lowest BCUT2D eigenvalue weighted by Gasteiger charge is -2.33. The van der Waals surface area contributed by atoms with Crippen LogP contribution in [0, 0.1) is 0 Å². The molecular weight excluding hydrogens is 212 g/mol. The van der Waals surface area contributed by atoms with Gasteiger partial charge in [0.2, 0.25) is 5.91 Å². The van der Waals surface area contributed by atoms with E-state index in [-0.39, 0.29) is 5.91 Å². The van der Waals surface area contributed by atoms with Gasteiger partial charge in [-0.1, -0.05) is 24.8 Å². The molecule has 0 spiro atoms. The minimum Gasteiger partial charge on any atom is -0.374 e. The molecule has 2 rings (SSSR count). The number of rotatable bonds is 3. The average Bonchev–Trinajstić information content (AvgIpc) is 2.38. The third kappa shape index (κ3) is 2.49. The largest absolute Gasteiger partial charge is 0.374 e. The van der Waals surface area contributed by atoms with Gasteiger partial charge in [-0.25, -0.2) is 0 Å². The van der Waals surface area contributed by atoms with Gasteiger partial charge in [0.25, 0.3) is 0 Å². The van der Waals surface area contributed by atoms with E-state index >= 15 is 0 Å². The first-order valence-corrected chi connectivity index (χ1v) is 5.92. The fraction of sp³-hybridized carbons (Fsp3) is 0.357. The van der Waals surface area contributed by atoms with Crippen molar-refractivity contribution in [3.8, 4) is 0 Å². The van der Waals surface area contributed by atoms with Gasteiger partial charge in [-0.05, 0) is 24.1 Å². The topological polar surface area (TPSA) is 32.3 Å². The van der Waals surface area contributed by atoms with Gasteiger partial charge in [-0.15, -0.1) is 0 Å². The monoisotopic (exact) mass is 230 g/mol. The van der Waals surface area contributed by atoms with Gasteiger partial charge in [-0.2, -0.15) is 0 Å². The summed E-state index contributed by atoms with van der Waals surface area (Å²) in [6.07, 6.45) is 2.39. The highest BCUT2D eigenvalue weighted by atomic mass is 16.1. The van der Waals surface area contributed by atoms with Crippen LogP contribution in [0.25, 0.3) is 0 Å². The molecule has 1 aromatic rings. The molecule has 0 aliphatic carbocycles. The molecule has 1 aliphatic rings. The van der Waals surface area contributed by atoms with Crippen molar-refractivity contribution in [3.63, 3.8) is 0 Å². The van der Waals surface area contributed by atoms with Crippen LogP contribution in [0.5, 0.6) is 0 Å². The lowest BCUT2D eigenvalue weighted by molar-refractivity contribution is -0.116. The van der Waals surface area contributed by atoms with Gasteiger partial charge in [0.1, 0.15) is 0 Å². The summed E-state index contributed by atoms with van der Waals surface area (Å²) in [6, 6.07) is 8.40. The Balaban J connectivity index is 2.13. The van der Waals surface area contributed by atoms with E-state index in [1.54, 1.807) is 0 Å². The summed E-state index contributed by atoms with van der Waals surface area (Å²) < 4.78 is 0. The van der Waals surface area contributed by atoms with Crippen molar-refractivity contribution >= 4 is 11.6 Å². The Bertz CT molecular complexity index is 428. The van der Waals surface area contributed by atoms with Gasteiger partial charge >= 0.3 is 0 Å². The van der Waals surface area contributed by atoms with Crippen LogP contribution in [0.15, 0.2) is 36.9 Å². The highest BCUT2D eigenvalue weighted by molar-refractivity contribution is 5.86. The van der Waals surface area contributed by atoms with Crippen molar-refractivity contribution < 1.29 is 4.79 Å². The maximum atomic E-state index is 11.2. The lowest BCUT2D eigenvalue weighted by atomic mass is 9.90. The molecule has 0 saturated carbocycles. The van der Waals surface area contributed by atoms with Crippen molar-refractivity contribution in [3.05, 3.63) is 42.5 Å². The van der Waals surface area contributed by atoms with Gasteiger partial charge in [0.15, 0.2) is 0 Å². The number of hydrogen-bond acceptors (Lipinski definition) is 2. The molecule has 3 heteroatoms. The molecule has 1 amide bonds. The molecule has 0 radical (unpaired) electrons. The summed E-state index contributed by atoms with van der Waals surface area (Å²) in [5, 5.41) is 2.88. The van der Waals surface area contributed by atoms with Crippen LogP contribution in [0.2, 0.25) is 0 Å². The molecule has 1 atom stereocenters. The predicted octanol–water partition coefficient (Wildman–Crippen LogP) is 1.91. The molecule has 1 N–H and O–H groups in total. The van der Waals surface area contributed by atoms with Gasteiger partial charge in [-0.3, -0.25) is 4.79 Å². The first-order valence-electron chi connectivity index (χ1n) is 5.92. The molecule has 0 fully saturated rings. The van der Waals surface area contributed by atoms with Crippen LogP contribution in [-0.4, -0.2) is 26.0 Å². The predicted molar refractivity (Wildman–Crippen MR) is 70.3 cm³/mol. The summed E-state index contributed by atoms with van der Waals surface area (Å²) in [5.41, 5.74) is 2.60. The molecule has 0 aromatic heterocycles. The van der Waals surface area contributed by atoms with Crippen molar-refractivity contribution in [1.29, 1.82) is 0 Å². The molecule has 1 heterocycles. The van der Waals surface area contributed by atoms with E-state index in [2.05, 4.69) is 48.1 Å². The molecule has 90 valence electrons. The molecule has 1 aromatic carbocycles. The van der Waals surface area contributed by atoms with E-state index < -0.39 is 0 Å². The normalized spacial score (nSPS) is 18.4. The summed E-state index contributed by atoms with van der Waals surface area (Å²) >= 11 is 0. The molecule has 3 nitrogen and oxygen atoms in total. The van der Waals surface area contributed by atoms with Gasteiger partial charge in [0, 0.05) is 31.7 Å². The second-order valence-electron chi connectivity index (χ2n) is 4.42. The van der Waals surface area contributed by atoms with Gasteiger partial charge < -0.3 is 10.2 Å². The molecular formula is C14H18N2O. The highest BCUT2D eigenvalue weighted by Gasteiger charge is 2.22. The quantitative estimate of drug-likeness (QED) is 0.804. The zero-order chi connectivity index (χ0) is 12.3. The number of para-hydroxylation sites is 1. The maximum Gasteiger partial charge on any atom is 0.243 e. The minimum absolute atomic E-state index is 0.0959. The van der Waals surface area contributed by atoms with Crippen LogP contribution in [0.1, 0.15) is 17.9 Å². The number of amides is 1. The average molecular weight is 230 g/mol. The first-order chi connectivity index (χ1) is 8.22. The number of nitrogens with zero attached hydrogens (tertiary/aromatic N) is 1.